The number of aryl methyl sites for hydroxylation is 1. The number of guanidine groups is 1. The lowest BCUT2D eigenvalue weighted by molar-refractivity contribution is -0.167. The van der Waals surface area contributed by atoms with Crippen LogP contribution in [0.2, 0.25) is 25.7 Å². The highest BCUT2D eigenvalue weighted by Crippen LogP contribution is 2.36. The van der Waals surface area contributed by atoms with Gasteiger partial charge in [-0.3, -0.25) is 20.2 Å². The number of fused-ring (bicyclic) bond motifs is 2. The topological polar surface area (TPSA) is 251 Å². The number of benzene rings is 4. The molecule has 1 aliphatic heterocycles. The molecular weight excluding hydrogens is 1120 g/mol. The quantitative estimate of drug-likeness (QED) is 0.0150. The summed E-state index contributed by atoms with van der Waals surface area (Å²) in [5.74, 6) is -4.45. The number of ether oxygens (including phenoxy) is 10. The molecule has 3 amide bonds. The van der Waals surface area contributed by atoms with Crippen molar-refractivity contribution >= 4 is 61.7 Å². The third-order valence-electron chi connectivity index (χ3n) is 11.8. The molecule has 0 unspecified atom stereocenters. The molecular formula is C64H86N4O17Si. The van der Waals surface area contributed by atoms with Crippen molar-refractivity contribution in [2.75, 3.05) is 39.6 Å². The van der Waals surface area contributed by atoms with E-state index in [9.17, 15) is 28.8 Å². The highest BCUT2D eigenvalue weighted by atomic mass is 28.3. The van der Waals surface area contributed by atoms with Crippen LogP contribution in [0.1, 0.15) is 144 Å². The Bertz CT molecular complexity index is 3010. The molecule has 1 aliphatic rings. The zero-order valence-corrected chi connectivity index (χ0v) is 53.5. The van der Waals surface area contributed by atoms with Gasteiger partial charge in [0.2, 0.25) is 5.96 Å². The average Bonchev–Trinajstić information content (AvgIpc) is 2.00. The van der Waals surface area contributed by atoms with Crippen LogP contribution >= 0.6 is 0 Å². The van der Waals surface area contributed by atoms with Crippen molar-refractivity contribution in [2.24, 2.45) is 4.99 Å². The lowest BCUT2D eigenvalue weighted by Crippen LogP contribution is -2.48. The van der Waals surface area contributed by atoms with Crippen LogP contribution < -0.4 is 24.8 Å². The highest BCUT2D eigenvalue weighted by Gasteiger charge is 2.39. The second-order valence-corrected chi connectivity index (χ2v) is 31.2. The van der Waals surface area contributed by atoms with E-state index in [4.69, 9.17) is 47.4 Å². The molecule has 0 aliphatic carbocycles. The maximum absolute atomic E-state index is 15.7. The number of carbonyl (C=O) groups excluding carboxylic acids is 7. The van der Waals surface area contributed by atoms with Gasteiger partial charge >= 0.3 is 36.1 Å². The summed E-state index contributed by atoms with van der Waals surface area (Å²) in [6.07, 6.45) is -1.97. The van der Waals surface area contributed by atoms with Crippen molar-refractivity contribution in [1.82, 2.24) is 15.5 Å². The summed E-state index contributed by atoms with van der Waals surface area (Å²) in [4.78, 5) is 104. The Hall–Kier alpha value is -7.82. The van der Waals surface area contributed by atoms with E-state index in [0.29, 0.717) is 30.4 Å². The monoisotopic (exact) mass is 1210 g/mol. The summed E-state index contributed by atoms with van der Waals surface area (Å²) < 4.78 is 58.3. The number of para-hydroxylation sites is 1. The predicted molar refractivity (Wildman–Crippen MR) is 325 cm³/mol. The number of aliphatic imine (C=N–C) groups is 1. The number of rotatable bonds is 21. The number of hydrogen-bond donors (Lipinski definition) is 2. The van der Waals surface area contributed by atoms with Gasteiger partial charge in [-0.1, -0.05) is 56.0 Å². The smallest absolute Gasteiger partial charge is 0.414 e. The first-order chi connectivity index (χ1) is 40.1. The predicted octanol–water partition coefficient (Wildman–Crippen LogP) is 11.5. The average molecular weight is 1210 g/mol. The van der Waals surface area contributed by atoms with Gasteiger partial charge in [-0.05, 0) is 167 Å². The molecule has 0 saturated heterocycles. The van der Waals surface area contributed by atoms with E-state index in [-0.39, 0.29) is 91.5 Å². The minimum absolute atomic E-state index is 0.0339. The van der Waals surface area contributed by atoms with Crippen LogP contribution in [0.3, 0.4) is 0 Å². The van der Waals surface area contributed by atoms with Gasteiger partial charge in [-0.15, -0.1) is 0 Å². The molecule has 1 heterocycles. The van der Waals surface area contributed by atoms with Crippen molar-refractivity contribution in [2.45, 2.75) is 170 Å². The number of nitrogens with zero attached hydrogens (tertiary/aromatic N) is 2. The number of carbonyl (C=O) groups is 7. The van der Waals surface area contributed by atoms with Gasteiger partial charge in [0, 0.05) is 14.6 Å². The summed E-state index contributed by atoms with van der Waals surface area (Å²) >= 11 is 0. The van der Waals surface area contributed by atoms with Gasteiger partial charge in [0.25, 0.3) is 5.91 Å². The highest BCUT2D eigenvalue weighted by molar-refractivity contribution is 6.76. The molecule has 4 aromatic rings. The number of alkyl carbamates (subject to hydrolysis) is 2. The van der Waals surface area contributed by atoms with Gasteiger partial charge < -0.3 is 52.3 Å². The standard InChI is InChI=1S/C64H86N4O17Si/c1-61(2,3)82-52(69)39-50(57(73)83-62(4,5)6)68(40-43-35-45(55(71)80-33-34-86(13,14)15)38-47(36-43)78-32-31-76-29-30-77-41-42-21-17-16-18-22-42)54(70)49-24-19-25-51-53(49)79-28-20-23-44-37-46(26-27-48(44)56(72)81-51)65-58(66-59(74)84-63(7,8)9)67-60(75)85-64(10,11)12/h16-19,21-22,24-27,35-38,50H,20,23,28-34,39-41H2,1-15H3,(H2,65,66,67,74,75)/t50-/m0/s1. The van der Waals surface area contributed by atoms with E-state index < -0.39 is 91.5 Å². The number of esters is 4. The second-order valence-electron chi connectivity index (χ2n) is 25.6. The molecule has 0 aromatic heterocycles. The largest absolute Gasteiger partial charge is 0.491 e. The number of nitrogens with one attached hydrogen (secondary N) is 2. The molecule has 22 heteroatoms. The van der Waals surface area contributed by atoms with Gasteiger partial charge in [0.15, 0.2) is 11.5 Å². The lowest BCUT2D eigenvalue weighted by Gasteiger charge is -2.33. The Morgan fingerprint density at radius 1 is 0.674 bits per heavy atom. The molecule has 21 nitrogen and oxygen atoms in total. The fourth-order valence-electron chi connectivity index (χ4n) is 8.17. The Balaban J connectivity index is 1.54. The molecule has 0 saturated carbocycles. The first kappa shape index (κ1) is 69.0. The fraction of sp³-hybridized carbons (Fsp3) is 0.500. The second kappa shape index (κ2) is 30.5. The SMILES string of the molecule is CC(C)(C)OC(=O)C[C@@H](C(=O)OC(C)(C)C)N(Cc1cc(OCCOCCOCc2ccccc2)cc(C(=O)OCC[Si](C)(C)C)c1)C(=O)c1cccc2c1OCCCc1cc(N=C(NC(=O)OC(C)(C)C)NC(=O)OC(C)(C)C)ccc1C(=O)O2. The van der Waals surface area contributed by atoms with Crippen LogP contribution in [0, 0.1) is 0 Å². The molecule has 86 heavy (non-hydrogen) atoms. The minimum Gasteiger partial charge on any atom is -0.491 e. The van der Waals surface area contributed by atoms with Gasteiger partial charge in [-0.2, -0.15) is 0 Å². The first-order valence-corrected chi connectivity index (χ1v) is 32.4. The van der Waals surface area contributed by atoms with E-state index in [1.807, 2.05) is 30.3 Å². The van der Waals surface area contributed by atoms with Gasteiger partial charge in [-0.25, -0.2) is 29.0 Å². The summed E-state index contributed by atoms with van der Waals surface area (Å²) in [6, 6.07) is 22.3. The zero-order chi connectivity index (χ0) is 63.6. The van der Waals surface area contributed by atoms with Crippen molar-refractivity contribution in [3.05, 3.63) is 118 Å². The van der Waals surface area contributed by atoms with Crippen molar-refractivity contribution in [3.8, 4) is 17.2 Å². The van der Waals surface area contributed by atoms with Crippen LogP contribution in [0.5, 0.6) is 17.2 Å². The van der Waals surface area contributed by atoms with Crippen molar-refractivity contribution < 1.29 is 80.9 Å². The third-order valence-corrected chi connectivity index (χ3v) is 13.5. The molecule has 5 rings (SSSR count). The van der Waals surface area contributed by atoms with Crippen molar-refractivity contribution in [1.29, 1.82) is 0 Å². The maximum Gasteiger partial charge on any atom is 0.414 e. The molecule has 2 N–H and O–H groups in total. The van der Waals surface area contributed by atoms with Crippen LogP contribution in [0.25, 0.3) is 0 Å². The van der Waals surface area contributed by atoms with Crippen LogP contribution in [0.15, 0.2) is 89.9 Å². The Labute approximate surface area is 506 Å². The van der Waals surface area contributed by atoms with E-state index in [1.165, 1.54) is 42.5 Å². The molecule has 0 bridgehead atoms. The summed E-state index contributed by atoms with van der Waals surface area (Å²) in [7, 11) is -1.62. The van der Waals surface area contributed by atoms with Gasteiger partial charge in [0.05, 0.1) is 68.4 Å². The van der Waals surface area contributed by atoms with Crippen LogP contribution in [-0.4, -0.2) is 129 Å². The third kappa shape index (κ3) is 24.6. The molecule has 1 atom stereocenters. The molecule has 0 fully saturated rings. The Kier molecular flexibility index (Phi) is 24.5. The van der Waals surface area contributed by atoms with E-state index in [1.54, 1.807) is 95.2 Å². The lowest BCUT2D eigenvalue weighted by atomic mass is 10.0. The normalized spacial score (nSPS) is 13.2. The number of hydrogen-bond acceptors (Lipinski definition) is 18. The van der Waals surface area contributed by atoms with Crippen LogP contribution in [-0.2, 0) is 62.3 Å². The number of amides is 3. The summed E-state index contributed by atoms with van der Waals surface area (Å²) in [5.41, 5.74) is -1.73. The maximum atomic E-state index is 15.7. The summed E-state index contributed by atoms with van der Waals surface area (Å²) in [5, 5.41) is 4.90. The molecule has 468 valence electrons. The first-order valence-electron chi connectivity index (χ1n) is 28.7. The fourth-order valence-corrected chi connectivity index (χ4v) is 8.89. The van der Waals surface area contributed by atoms with Crippen LogP contribution in [0.4, 0.5) is 15.3 Å². The Morgan fingerprint density at radius 3 is 1.93 bits per heavy atom. The minimum atomic E-state index is -1.65. The zero-order valence-electron chi connectivity index (χ0n) is 52.5. The van der Waals surface area contributed by atoms with Gasteiger partial charge in [0.1, 0.15) is 40.8 Å². The van der Waals surface area contributed by atoms with Crippen molar-refractivity contribution in [3.63, 3.8) is 0 Å². The summed E-state index contributed by atoms with van der Waals surface area (Å²) in [6.45, 7) is 27.5. The Morgan fingerprint density at radius 2 is 1.30 bits per heavy atom. The van der Waals surface area contributed by atoms with E-state index in [2.05, 4.69) is 35.3 Å². The molecule has 0 spiro atoms. The van der Waals surface area contributed by atoms with E-state index >= 15 is 4.79 Å². The van der Waals surface area contributed by atoms with E-state index in [0.717, 1.165) is 10.5 Å². The molecule has 0 radical (unpaired) electrons. The molecule has 4 aromatic carbocycles.